The average molecular weight is 129 g/mol. The summed E-state index contributed by atoms with van der Waals surface area (Å²) < 4.78 is 0. The van der Waals surface area contributed by atoms with Crippen LogP contribution in [-0.4, -0.2) is 29.7 Å². The van der Waals surface area contributed by atoms with Gasteiger partial charge in [0.2, 0.25) is 5.91 Å². The topological polar surface area (TPSA) is 40.5 Å². The van der Waals surface area contributed by atoms with E-state index in [1.807, 2.05) is 0 Å². The van der Waals surface area contributed by atoms with Gasteiger partial charge >= 0.3 is 0 Å². The number of rotatable bonds is 2. The summed E-state index contributed by atoms with van der Waals surface area (Å²) in [7, 11) is 1.51. The summed E-state index contributed by atoms with van der Waals surface area (Å²) >= 11 is 0. The summed E-state index contributed by atoms with van der Waals surface area (Å²) in [6, 6.07) is 0. The van der Waals surface area contributed by atoms with Crippen LogP contribution in [0.15, 0.2) is 12.2 Å². The van der Waals surface area contributed by atoms with Crippen LogP contribution in [0.1, 0.15) is 6.92 Å². The van der Waals surface area contributed by atoms with Gasteiger partial charge in [-0.15, -0.1) is 0 Å². The number of hydrogen-bond donors (Lipinski definition) is 1. The zero-order valence-corrected chi connectivity index (χ0v) is 5.72. The number of carbonyl (C=O) groups is 1. The van der Waals surface area contributed by atoms with Crippen molar-refractivity contribution in [1.82, 2.24) is 4.90 Å². The van der Waals surface area contributed by atoms with Crippen LogP contribution in [0.4, 0.5) is 0 Å². The Labute approximate surface area is 54.6 Å². The Kier molecular flexibility index (Phi) is 2.95. The molecule has 0 atom stereocenters. The van der Waals surface area contributed by atoms with Crippen molar-refractivity contribution in [2.75, 3.05) is 13.8 Å². The molecule has 3 heteroatoms. The van der Waals surface area contributed by atoms with E-state index in [2.05, 4.69) is 6.58 Å². The smallest absolute Gasteiger partial charge is 0.250 e. The Bertz CT molecular complexity index is 131. The first kappa shape index (κ1) is 8.17. The van der Waals surface area contributed by atoms with Crippen molar-refractivity contribution in [3.8, 4) is 0 Å². The fraction of sp³-hybridized carbons (Fsp3) is 0.500. The van der Waals surface area contributed by atoms with Gasteiger partial charge in [0.25, 0.3) is 0 Å². The molecule has 0 aromatic heterocycles. The van der Waals surface area contributed by atoms with E-state index in [0.29, 0.717) is 5.57 Å². The van der Waals surface area contributed by atoms with Gasteiger partial charge in [-0.1, -0.05) is 6.58 Å². The lowest BCUT2D eigenvalue weighted by Crippen LogP contribution is -2.27. The predicted molar refractivity (Wildman–Crippen MR) is 34.7 cm³/mol. The highest BCUT2D eigenvalue weighted by atomic mass is 16.3. The number of nitrogens with zero attached hydrogens (tertiary/aromatic N) is 1. The SMILES string of the molecule is C=C(C)C(=O)N(C)CO. The predicted octanol–water partition coefficient (Wildman–Crippen LogP) is -0.0293. The Morgan fingerprint density at radius 3 is 2.33 bits per heavy atom. The molecule has 0 spiro atoms. The van der Waals surface area contributed by atoms with Gasteiger partial charge in [0.1, 0.15) is 6.73 Å². The molecule has 1 N–H and O–H groups in total. The van der Waals surface area contributed by atoms with Crippen LogP contribution >= 0.6 is 0 Å². The summed E-state index contributed by atoms with van der Waals surface area (Å²) in [5, 5.41) is 8.42. The Hall–Kier alpha value is -0.830. The molecule has 0 aromatic rings. The van der Waals surface area contributed by atoms with Gasteiger partial charge in [-0.25, -0.2) is 0 Å². The molecule has 3 nitrogen and oxygen atoms in total. The van der Waals surface area contributed by atoms with Crippen molar-refractivity contribution in [3.63, 3.8) is 0 Å². The minimum absolute atomic E-state index is 0.225. The average Bonchev–Trinajstić information content (AvgIpc) is 1.84. The molecule has 0 fully saturated rings. The van der Waals surface area contributed by atoms with E-state index < -0.39 is 0 Å². The molecule has 0 unspecified atom stereocenters. The molecule has 0 aliphatic carbocycles. The summed E-state index contributed by atoms with van der Waals surface area (Å²) in [5.41, 5.74) is 0.437. The Morgan fingerprint density at radius 1 is 1.78 bits per heavy atom. The van der Waals surface area contributed by atoms with Gasteiger partial charge in [0.15, 0.2) is 0 Å². The van der Waals surface area contributed by atoms with Crippen LogP contribution in [0.5, 0.6) is 0 Å². The van der Waals surface area contributed by atoms with Crippen LogP contribution in [0.2, 0.25) is 0 Å². The molecule has 0 heterocycles. The van der Waals surface area contributed by atoms with E-state index in [9.17, 15) is 4.79 Å². The van der Waals surface area contributed by atoms with E-state index in [1.54, 1.807) is 6.92 Å². The van der Waals surface area contributed by atoms with E-state index in [0.717, 1.165) is 0 Å². The molecule has 0 radical (unpaired) electrons. The van der Waals surface area contributed by atoms with Crippen molar-refractivity contribution in [3.05, 3.63) is 12.2 Å². The molecular weight excluding hydrogens is 118 g/mol. The van der Waals surface area contributed by atoms with Crippen LogP contribution in [0.25, 0.3) is 0 Å². The van der Waals surface area contributed by atoms with Gasteiger partial charge in [0, 0.05) is 12.6 Å². The summed E-state index contributed by atoms with van der Waals surface area (Å²) in [5.74, 6) is -0.225. The van der Waals surface area contributed by atoms with Gasteiger partial charge < -0.3 is 10.0 Å². The van der Waals surface area contributed by atoms with Crippen molar-refractivity contribution in [2.45, 2.75) is 6.92 Å². The highest BCUT2D eigenvalue weighted by molar-refractivity contribution is 5.91. The molecule has 0 aromatic carbocycles. The highest BCUT2D eigenvalue weighted by Gasteiger charge is 2.05. The van der Waals surface area contributed by atoms with E-state index >= 15 is 0 Å². The van der Waals surface area contributed by atoms with Gasteiger partial charge in [-0.3, -0.25) is 4.79 Å². The van der Waals surface area contributed by atoms with Crippen LogP contribution < -0.4 is 0 Å². The zero-order valence-electron chi connectivity index (χ0n) is 5.72. The maximum Gasteiger partial charge on any atom is 0.250 e. The number of likely N-dealkylation sites (N-methyl/N-ethyl adjacent to an activating group) is 1. The molecule has 0 rings (SSSR count). The second-order valence-electron chi connectivity index (χ2n) is 1.92. The van der Waals surface area contributed by atoms with Crippen molar-refractivity contribution < 1.29 is 9.90 Å². The van der Waals surface area contributed by atoms with Gasteiger partial charge in [0.05, 0.1) is 0 Å². The third-order valence-corrected chi connectivity index (χ3v) is 0.924. The summed E-state index contributed by atoms with van der Waals surface area (Å²) in [4.78, 5) is 11.9. The van der Waals surface area contributed by atoms with Gasteiger partial charge in [-0.05, 0) is 6.92 Å². The van der Waals surface area contributed by atoms with E-state index in [4.69, 9.17) is 5.11 Å². The summed E-state index contributed by atoms with van der Waals surface area (Å²) in [6.45, 7) is 4.77. The quantitative estimate of drug-likeness (QED) is 0.420. The number of carbonyl (C=O) groups excluding carboxylic acids is 1. The first-order chi connectivity index (χ1) is 4.09. The lowest BCUT2D eigenvalue weighted by molar-refractivity contribution is -0.128. The molecule has 9 heavy (non-hydrogen) atoms. The second kappa shape index (κ2) is 3.25. The third kappa shape index (κ3) is 2.28. The van der Waals surface area contributed by atoms with Crippen LogP contribution in [0, 0.1) is 0 Å². The third-order valence-electron chi connectivity index (χ3n) is 0.924. The minimum Gasteiger partial charge on any atom is -0.376 e. The largest absolute Gasteiger partial charge is 0.376 e. The Balaban J connectivity index is 3.88. The lowest BCUT2D eigenvalue weighted by Gasteiger charge is -2.12. The number of aliphatic hydroxyl groups is 1. The zero-order chi connectivity index (χ0) is 7.44. The number of hydrogen-bond acceptors (Lipinski definition) is 2. The molecule has 1 amide bonds. The summed E-state index contributed by atoms with van der Waals surface area (Å²) in [6.07, 6.45) is 0. The molecule has 0 saturated carbocycles. The van der Waals surface area contributed by atoms with Crippen molar-refractivity contribution >= 4 is 5.91 Å². The van der Waals surface area contributed by atoms with E-state index in [1.165, 1.54) is 11.9 Å². The molecule has 0 aliphatic heterocycles. The Morgan fingerprint density at radius 2 is 2.22 bits per heavy atom. The molecular formula is C6H11NO2. The normalized spacial score (nSPS) is 8.78. The maximum atomic E-state index is 10.7. The van der Waals surface area contributed by atoms with Crippen LogP contribution in [-0.2, 0) is 4.79 Å². The van der Waals surface area contributed by atoms with E-state index in [-0.39, 0.29) is 12.6 Å². The molecule has 0 saturated heterocycles. The van der Waals surface area contributed by atoms with Crippen LogP contribution in [0.3, 0.4) is 0 Å². The molecule has 0 aliphatic rings. The second-order valence-corrected chi connectivity index (χ2v) is 1.92. The molecule has 52 valence electrons. The highest BCUT2D eigenvalue weighted by Crippen LogP contribution is 1.92. The van der Waals surface area contributed by atoms with Gasteiger partial charge in [-0.2, -0.15) is 0 Å². The first-order valence-electron chi connectivity index (χ1n) is 2.61. The number of amides is 1. The fourth-order valence-corrected chi connectivity index (χ4v) is 0.390. The fourth-order valence-electron chi connectivity index (χ4n) is 0.390. The monoisotopic (exact) mass is 129 g/mol. The lowest BCUT2D eigenvalue weighted by atomic mass is 10.3. The van der Waals surface area contributed by atoms with Crippen molar-refractivity contribution in [2.24, 2.45) is 0 Å². The van der Waals surface area contributed by atoms with Crippen molar-refractivity contribution in [1.29, 1.82) is 0 Å². The first-order valence-corrected chi connectivity index (χ1v) is 2.61. The number of aliphatic hydroxyl groups excluding tert-OH is 1. The maximum absolute atomic E-state index is 10.7. The molecule has 0 bridgehead atoms. The standard InChI is InChI=1S/C6H11NO2/c1-5(2)6(9)7(3)4-8/h8H,1,4H2,2-3H3. The minimum atomic E-state index is -0.258.